The number of benzene rings is 1. The molecule has 21 heavy (non-hydrogen) atoms. The molecule has 116 valence electrons. The van der Waals surface area contributed by atoms with E-state index in [2.05, 4.69) is 0 Å². The van der Waals surface area contributed by atoms with E-state index < -0.39 is 23.0 Å². The zero-order valence-corrected chi connectivity index (χ0v) is 12.0. The number of hydrogen-bond acceptors (Lipinski definition) is 4. The van der Waals surface area contributed by atoms with Gasteiger partial charge in [0.1, 0.15) is 6.61 Å². The number of Topliss-reactive ketones (excluding diaryl/α,β-unsaturated/α-hetero) is 1. The van der Waals surface area contributed by atoms with E-state index in [1.807, 2.05) is 0 Å². The Morgan fingerprint density at radius 1 is 1.29 bits per heavy atom. The van der Waals surface area contributed by atoms with Crippen molar-refractivity contribution in [3.63, 3.8) is 0 Å². The predicted octanol–water partition coefficient (Wildman–Crippen LogP) is 2.85. The van der Waals surface area contributed by atoms with Gasteiger partial charge >= 0.3 is 0 Å². The Bertz CT molecular complexity index is 527. The normalized spacial score (nSPS) is 11.4. The summed E-state index contributed by atoms with van der Waals surface area (Å²) in [7, 11) is 0. The van der Waals surface area contributed by atoms with E-state index in [-0.39, 0.29) is 31.3 Å². The highest BCUT2D eigenvalue weighted by molar-refractivity contribution is 6.07. The van der Waals surface area contributed by atoms with E-state index in [1.165, 1.54) is 12.1 Å². The highest BCUT2D eigenvalue weighted by atomic mass is 19.2. The van der Waals surface area contributed by atoms with Crippen molar-refractivity contribution < 1.29 is 28.2 Å². The van der Waals surface area contributed by atoms with Crippen LogP contribution in [0.15, 0.2) is 24.0 Å². The second kappa shape index (κ2) is 8.36. The lowest BCUT2D eigenvalue weighted by Crippen LogP contribution is -2.13. The summed E-state index contributed by atoms with van der Waals surface area (Å²) < 4.78 is 37.7. The van der Waals surface area contributed by atoms with Crippen LogP contribution in [0.1, 0.15) is 30.6 Å². The fourth-order valence-electron chi connectivity index (χ4n) is 1.66. The van der Waals surface area contributed by atoms with Crippen molar-refractivity contribution in [2.75, 3.05) is 19.8 Å². The maximum absolute atomic E-state index is 14.0. The number of rotatable bonds is 8. The largest absolute Gasteiger partial charge is 0.491 e. The summed E-state index contributed by atoms with van der Waals surface area (Å²) in [6.07, 6.45) is 1.93. The summed E-state index contributed by atoms with van der Waals surface area (Å²) in [6, 6.07) is 2.35. The summed E-state index contributed by atoms with van der Waals surface area (Å²) >= 11 is 0. The molecule has 0 unspecified atom stereocenters. The van der Waals surface area contributed by atoms with Crippen LogP contribution in [0.4, 0.5) is 8.78 Å². The quantitative estimate of drug-likeness (QED) is 0.456. The summed E-state index contributed by atoms with van der Waals surface area (Å²) in [4.78, 5) is 12.2. The number of aliphatic hydroxyl groups excluding tert-OH is 1. The fraction of sp³-hybridized carbons (Fsp3) is 0.400. The molecule has 1 aromatic carbocycles. The Morgan fingerprint density at radius 3 is 2.57 bits per heavy atom. The number of hydrogen-bond donors (Lipinski definition) is 1. The van der Waals surface area contributed by atoms with Gasteiger partial charge in [-0.15, -0.1) is 0 Å². The molecule has 0 aliphatic rings. The second-order valence-corrected chi connectivity index (χ2v) is 4.05. The lowest BCUT2D eigenvalue weighted by molar-refractivity contribution is 0.0864. The topological polar surface area (TPSA) is 55.8 Å². The molecule has 1 N–H and O–H groups in total. The lowest BCUT2D eigenvalue weighted by Gasteiger charge is -2.11. The van der Waals surface area contributed by atoms with Gasteiger partial charge in [-0.1, -0.05) is 6.92 Å². The van der Waals surface area contributed by atoms with E-state index in [0.717, 1.165) is 6.07 Å². The van der Waals surface area contributed by atoms with E-state index in [0.29, 0.717) is 6.42 Å². The maximum Gasteiger partial charge on any atom is 0.230 e. The fourth-order valence-corrected chi connectivity index (χ4v) is 1.66. The molecule has 0 saturated heterocycles. The summed E-state index contributed by atoms with van der Waals surface area (Å²) in [5.74, 6) is -3.62. The molecule has 0 fully saturated rings. The second-order valence-electron chi connectivity index (χ2n) is 4.05. The predicted molar refractivity (Wildman–Crippen MR) is 73.3 cm³/mol. The average Bonchev–Trinajstić information content (AvgIpc) is 2.48. The van der Waals surface area contributed by atoms with Gasteiger partial charge in [0.05, 0.1) is 18.8 Å². The van der Waals surface area contributed by atoms with Gasteiger partial charge in [0.2, 0.25) is 11.6 Å². The van der Waals surface area contributed by atoms with Crippen molar-refractivity contribution in [3.05, 3.63) is 41.2 Å². The lowest BCUT2D eigenvalue weighted by atomic mass is 10.1. The molecule has 1 rings (SSSR count). The van der Waals surface area contributed by atoms with Crippen molar-refractivity contribution in [2.24, 2.45) is 0 Å². The van der Waals surface area contributed by atoms with Gasteiger partial charge in [-0.05, 0) is 31.6 Å². The molecular formula is C15H18F2O4. The van der Waals surface area contributed by atoms with Gasteiger partial charge in [-0.25, -0.2) is 4.39 Å². The minimum Gasteiger partial charge on any atom is -0.491 e. The van der Waals surface area contributed by atoms with E-state index >= 15 is 0 Å². The van der Waals surface area contributed by atoms with Crippen LogP contribution >= 0.6 is 0 Å². The zero-order chi connectivity index (χ0) is 15.8. The van der Waals surface area contributed by atoms with Crippen LogP contribution in [-0.4, -0.2) is 30.7 Å². The Balaban J connectivity index is 3.11. The van der Waals surface area contributed by atoms with Crippen molar-refractivity contribution in [3.8, 4) is 5.75 Å². The molecule has 0 amide bonds. The third-order valence-electron chi connectivity index (χ3n) is 2.55. The molecule has 0 aromatic heterocycles. The number of carbonyl (C=O) groups excluding carboxylic acids is 1. The molecule has 1 aromatic rings. The molecule has 0 spiro atoms. The molecule has 4 nitrogen and oxygen atoms in total. The van der Waals surface area contributed by atoms with Gasteiger partial charge in [0.25, 0.3) is 0 Å². The van der Waals surface area contributed by atoms with Gasteiger partial charge in [-0.2, -0.15) is 4.39 Å². The van der Waals surface area contributed by atoms with Gasteiger partial charge in [0.15, 0.2) is 17.3 Å². The van der Waals surface area contributed by atoms with E-state index in [1.54, 1.807) is 13.8 Å². The highest BCUT2D eigenvalue weighted by Gasteiger charge is 2.22. The molecule has 0 aliphatic carbocycles. The minimum atomic E-state index is -1.28. The molecule has 0 radical (unpaired) electrons. The number of carbonyl (C=O) groups is 1. The summed E-state index contributed by atoms with van der Waals surface area (Å²) in [5.41, 5.74) is -0.436. The first-order valence-electron chi connectivity index (χ1n) is 6.66. The zero-order valence-electron chi connectivity index (χ0n) is 12.0. The number of ether oxygens (including phenoxy) is 2. The number of halogens is 2. The molecule has 0 heterocycles. The van der Waals surface area contributed by atoms with Crippen molar-refractivity contribution in [1.29, 1.82) is 0 Å². The van der Waals surface area contributed by atoms with Crippen LogP contribution in [0.3, 0.4) is 0 Å². The van der Waals surface area contributed by atoms with Crippen LogP contribution in [-0.2, 0) is 4.74 Å². The number of aliphatic hydroxyl groups is 1. The Kier molecular flexibility index (Phi) is 6.81. The molecule has 0 aliphatic heterocycles. The third-order valence-corrected chi connectivity index (χ3v) is 2.55. The summed E-state index contributed by atoms with van der Waals surface area (Å²) in [6.45, 7) is 3.21. The third kappa shape index (κ3) is 4.26. The minimum absolute atomic E-state index is 0.0985. The first-order chi connectivity index (χ1) is 10.1. The van der Waals surface area contributed by atoms with Gasteiger partial charge < -0.3 is 14.6 Å². The van der Waals surface area contributed by atoms with E-state index in [4.69, 9.17) is 14.6 Å². The Labute approximate surface area is 122 Å². The van der Waals surface area contributed by atoms with Crippen LogP contribution in [0.2, 0.25) is 0 Å². The molecule has 0 atom stereocenters. The molecule has 0 bridgehead atoms. The highest BCUT2D eigenvalue weighted by Crippen LogP contribution is 2.24. The smallest absolute Gasteiger partial charge is 0.230 e. The number of ketones is 1. The maximum atomic E-state index is 14.0. The number of allylic oxidation sites excluding steroid dienone is 2. The standard InChI is InChI=1S/C15H18F2O4/c1-3-5-12(21-9-8-18)15(19)10-6-7-11(20-4-2)14(17)13(10)16/h5-7,18H,3-4,8-9H2,1-2H3. The van der Waals surface area contributed by atoms with Gasteiger partial charge in [0, 0.05) is 0 Å². The van der Waals surface area contributed by atoms with Gasteiger partial charge in [-0.3, -0.25) is 4.79 Å². The monoisotopic (exact) mass is 300 g/mol. The Hall–Kier alpha value is -1.95. The van der Waals surface area contributed by atoms with Crippen LogP contribution < -0.4 is 4.74 Å². The van der Waals surface area contributed by atoms with E-state index in [9.17, 15) is 13.6 Å². The van der Waals surface area contributed by atoms with Crippen LogP contribution in [0, 0.1) is 11.6 Å². The van der Waals surface area contributed by atoms with Crippen molar-refractivity contribution in [1.82, 2.24) is 0 Å². The Morgan fingerprint density at radius 2 is 2.00 bits per heavy atom. The average molecular weight is 300 g/mol. The van der Waals surface area contributed by atoms with Crippen LogP contribution in [0.5, 0.6) is 5.75 Å². The van der Waals surface area contributed by atoms with Crippen molar-refractivity contribution in [2.45, 2.75) is 20.3 Å². The first kappa shape index (κ1) is 17.1. The molecule has 6 heteroatoms. The first-order valence-corrected chi connectivity index (χ1v) is 6.66. The van der Waals surface area contributed by atoms with Crippen LogP contribution in [0.25, 0.3) is 0 Å². The summed E-state index contributed by atoms with van der Waals surface area (Å²) in [5, 5.41) is 8.72. The molecule has 0 saturated carbocycles. The molecular weight excluding hydrogens is 282 g/mol. The SMILES string of the molecule is CCC=C(OCCO)C(=O)c1ccc(OCC)c(F)c1F. The van der Waals surface area contributed by atoms with Crippen molar-refractivity contribution >= 4 is 5.78 Å².